The number of nitrogens with zero attached hydrogens (tertiary/aromatic N) is 5. The molecule has 2 aromatic heterocycles. The number of nitrogens with two attached hydrogens (primary N) is 1. The first-order chi connectivity index (χ1) is 21.8. The number of carbonyl (C=O) groups excluding carboxylic acids is 2. The van der Waals surface area contributed by atoms with Crippen molar-refractivity contribution in [2.45, 2.75) is 31.8 Å². The van der Waals surface area contributed by atoms with E-state index in [1.165, 1.54) is 5.56 Å². The van der Waals surface area contributed by atoms with Gasteiger partial charge in [-0.1, -0.05) is 36.4 Å². The number of aryl methyl sites for hydroxylation is 1. The molecule has 234 valence electrons. The number of hydrogen-bond acceptors (Lipinski definition) is 8. The first kappa shape index (κ1) is 30.3. The van der Waals surface area contributed by atoms with E-state index in [1.807, 2.05) is 31.4 Å². The number of piperidine rings is 1. The van der Waals surface area contributed by atoms with Crippen LogP contribution < -0.4 is 15.8 Å². The molecule has 4 aromatic rings. The minimum absolute atomic E-state index is 0.141. The van der Waals surface area contributed by atoms with Gasteiger partial charge in [0.05, 0.1) is 11.8 Å². The predicted molar refractivity (Wildman–Crippen MR) is 171 cm³/mol. The maximum atomic E-state index is 13.1. The SMILES string of the molecule is Cn1cc(-c2cnc(N)c(C(=O)N[C@@H]3CCN(C(=O)Oc4cccc(-c5ccc(CN6CCCC(CO)C6)cc5)c4)C3)c2)cn1. The summed E-state index contributed by atoms with van der Waals surface area (Å²) in [5, 5.41) is 16.7. The molecular weight excluding hydrogens is 570 g/mol. The van der Waals surface area contributed by atoms with Crippen molar-refractivity contribution in [1.29, 1.82) is 0 Å². The predicted octanol–water partition coefficient (Wildman–Crippen LogP) is 3.94. The number of likely N-dealkylation sites (tertiary alicyclic amines) is 2. The fourth-order valence-electron chi connectivity index (χ4n) is 6.10. The van der Waals surface area contributed by atoms with Crippen LogP contribution in [0.4, 0.5) is 10.6 Å². The van der Waals surface area contributed by atoms with Crippen LogP contribution in [0.3, 0.4) is 0 Å². The van der Waals surface area contributed by atoms with Crippen LogP contribution in [-0.4, -0.2) is 80.5 Å². The number of nitrogen functional groups attached to an aromatic ring is 1. The Kier molecular flexibility index (Phi) is 9.08. The number of rotatable bonds is 8. The number of hydrogen-bond donors (Lipinski definition) is 3. The van der Waals surface area contributed by atoms with E-state index in [4.69, 9.17) is 10.5 Å². The van der Waals surface area contributed by atoms with Crippen molar-refractivity contribution in [2.75, 3.05) is 38.5 Å². The molecule has 2 atom stereocenters. The largest absolute Gasteiger partial charge is 0.415 e. The first-order valence-electron chi connectivity index (χ1n) is 15.4. The van der Waals surface area contributed by atoms with Gasteiger partial charge >= 0.3 is 6.09 Å². The molecule has 2 saturated heterocycles. The second-order valence-electron chi connectivity index (χ2n) is 12.0. The van der Waals surface area contributed by atoms with Crippen molar-refractivity contribution in [3.05, 3.63) is 84.3 Å². The number of aliphatic hydroxyl groups is 1. The van der Waals surface area contributed by atoms with Gasteiger partial charge in [0.2, 0.25) is 0 Å². The van der Waals surface area contributed by atoms with Gasteiger partial charge in [-0.25, -0.2) is 9.78 Å². The molecule has 0 radical (unpaired) electrons. The Morgan fingerprint density at radius 2 is 1.84 bits per heavy atom. The molecule has 2 amide bonds. The minimum Gasteiger partial charge on any atom is -0.410 e. The average molecular weight is 610 g/mol. The van der Waals surface area contributed by atoms with E-state index in [0.29, 0.717) is 31.2 Å². The topological polar surface area (TPSA) is 139 Å². The monoisotopic (exact) mass is 609 g/mol. The molecule has 4 heterocycles. The maximum absolute atomic E-state index is 13.1. The van der Waals surface area contributed by atoms with Gasteiger partial charge in [0, 0.05) is 69.4 Å². The highest BCUT2D eigenvalue weighted by Crippen LogP contribution is 2.27. The van der Waals surface area contributed by atoms with Crippen LogP contribution in [0, 0.1) is 5.92 Å². The summed E-state index contributed by atoms with van der Waals surface area (Å²) in [4.78, 5) is 34.3. The van der Waals surface area contributed by atoms with Crippen LogP contribution in [0.25, 0.3) is 22.3 Å². The smallest absolute Gasteiger partial charge is 0.410 e. The quantitative estimate of drug-likeness (QED) is 0.273. The number of anilines is 1. The van der Waals surface area contributed by atoms with Gasteiger partial charge in [-0.2, -0.15) is 5.10 Å². The lowest BCUT2D eigenvalue weighted by atomic mass is 9.98. The molecule has 2 fully saturated rings. The van der Waals surface area contributed by atoms with Crippen LogP contribution in [0.15, 0.2) is 73.2 Å². The summed E-state index contributed by atoms with van der Waals surface area (Å²) in [5.41, 5.74) is 11.1. The Morgan fingerprint density at radius 3 is 2.62 bits per heavy atom. The first-order valence-corrected chi connectivity index (χ1v) is 15.4. The van der Waals surface area contributed by atoms with E-state index >= 15 is 0 Å². The second kappa shape index (κ2) is 13.5. The van der Waals surface area contributed by atoms with Crippen LogP contribution >= 0.6 is 0 Å². The van der Waals surface area contributed by atoms with Gasteiger partial charge in [-0.15, -0.1) is 0 Å². The average Bonchev–Trinajstić information content (AvgIpc) is 3.71. The number of aliphatic hydroxyl groups excluding tert-OH is 1. The van der Waals surface area contributed by atoms with Crippen LogP contribution in [-0.2, 0) is 13.6 Å². The van der Waals surface area contributed by atoms with Crippen LogP contribution in [0.2, 0.25) is 0 Å². The molecule has 2 aliphatic heterocycles. The molecule has 1 unspecified atom stereocenters. The van der Waals surface area contributed by atoms with E-state index in [1.54, 1.807) is 34.1 Å². The lowest BCUT2D eigenvalue weighted by Gasteiger charge is -2.31. The lowest BCUT2D eigenvalue weighted by Crippen LogP contribution is -2.39. The molecule has 6 rings (SSSR count). The van der Waals surface area contributed by atoms with E-state index in [9.17, 15) is 14.7 Å². The molecule has 11 heteroatoms. The number of benzene rings is 2. The van der Waals surface area contributed by atoms with Crippen molar-refractivity contribution >= 4 is 17.8 Å². The third-order valence-electron chi connectivity index (χ3n) is 8.58. The zero-order chi connectivity index (χ0) is 31.3. The molecule has 0 bridgehead atoms. The number of aromatic nitrogens is 3. The molecule has 4 N–H and O–H groups in total. The number of pyridine rings is 1. The van der Waals surface area contributed by atoms with Gasteiger partial charge in [0.15, 0.2) is 0 Å². The third-order valence-corrected chi connectivity index (χ3v) is 8.58. The highest BCUT2D eigenvalue weighted by molar-refractivity contribution is 5.99. The number of ether oxygens (including phenoxy) is 1. The van der Waals surface area contributed by atoms with E-state index in [2.05, 4.69) is 44.6 Å². The number of amides is 2. The molecule has 0 saturated carbocycles. The Morgan fingerprint density at radius 1 is 1.00 bits per heavy atom. The van der Waals surface area contributed by atoms with Gasteiger partial charge < -0.3 is 25.8 Å². The van der Waals surface area contributed by atoms with Crippen molar-refractivity contribution in [2.24, 2.45) is 13.0 Å². The van der Waals surface area contributed by atoms with Gasteiger partial charge in [-0.3, -0.25) is 14.4 Å². The Balaban J connectivity index is 1.03. The normalized spacial score (nSPS) is 18.6. The highest BCUT2D eigenvalue weighted by Gasteiger charge is 2.29. The summed E-state index contributed by atoms with van der Waals surface area (Å²) < 4.78 is 7.42. The molecule has 11 nitrogen and oxygen atoms in total. The summed E-state index contributed by atoms with van der Waals surface area (Å²) in [6.45, 7) is 3.91. The third kappa shape index (κ3) is 7.33. The second-order valence-corrected chi connectivity index (χ2v) is 12.0. The zero-order valence-corrected chi connectivity index (χ0v) is 25.4. The number of carbonyl (C=O) groups is 2. The van der Waals surface area contributed by atoms with Gasteiger partial charge in [0.25, 0.3) is 5.91 Å². The van der Waals surface area contributed by atoms with Gasteiger partial charge in [-0.05, 0) is 66.6 Å². The highest BCUT2D eigenvalue weighted by atomic mass is 16.6. The molecule has 2 aliphatic rings. The fraction of sp³-hybridized carbons (Fsp3) is 0.353. The van der Waals surface area contributed by atoms with Crippen LogP contribution in [0.1, 0.15) is 35.2 Å². The maximum Gasteiger partial charge on any atom is 0.415 e. The molecule has 0 spiro atoms. The van der Waals surface area contributed by atoms with E-state index in [-0.39, 0.29) is 29.9 Å². The summed E-state index contributed by atoms with van der Waals surface area (Å²) in [6, 6.07) is 17.4. The summed E-state index contributed by atoms with van der Waals surface area (Å²) in [6.07, 6.45) is 7.52. The molecule has 45 heavy (non-hydrogen) atoms. The molecular formula is C34H39N7O4. The van der Waals surface area contributed by atoms with E-state index in [0.717, 1.165) is 54.7 Å². The zero-order valence-electron chi connectivity index (χ0n) is 25.4. The summed E-state index contributed by atoms with van der Waals surface area (Å²) >= 11 is 0. The number of nitrogens with one attached hydrogen (secondary N) is 1. The van der Waals surface area contributed by atoms with Gasteiger partial charge in [0.1, 0.15) is 11.6 Å². The Hall–Kier alpha value is -4.74. The summed E-state index contributed by atoms with van der Waals surface area (Å²) in [5.74, 6) is 0.632. The lowest BCUT2D eigenvalue weighted by molar-refractivity contribution is 0.0937. The Labute approximate surface area is 262 Å². The standard InChI is InChI=1S/C34H39N7O4/c1-39-20-28(17-37-39)27-15-31(32(35)36-16-27)33(43)38-29-11-13-41(21-29)34(44)45-30-6-2-5-26(14-30)25-9-7-23(8-10-25)18-40-12-3-4-24(19-40)22-42/h2,5-10,14-17,20,24,29,42H,3-4,11-13,18-19,21-22H2,1H3,(H2,35,36)(H,38,43)/t24?,29-/m1/s1. The summed E-state index contributed by atoms with van der Waals surface area (Å²) in [7, 11) is 1.82. The Bertz CT molecular complexity index is 1650. The van der Waals surface area contributed by atoms with Crippen molar-refractivity contribution < 1.29 is 19.4 Å². The van der Waals surface area contributed by atoms with Crippen molar-refractivity contribution in [3.63, 3.8) is 0 Å². The van der Waals surface area contributed by atoms with Crippen LogP contribution in [0.5, 0.6) is 5.75 Å². The van der Waals surface area contributed by atoms with Crippen molar-refractivity contribution in [3.8, 4) is 28.0 Å². The fourth-order valence-corrected chi connectivity index (χ4v) is 6.10. The molecule has 2 aromatic carbocycles. The van der Waals surface area contributed by atoms with Crippen molar-refractivity contribution in [1.82, 2.24) is 29.9 Å². The minimum atomic E-state index is -0.457. The molecule has 0 aliphatic carbocycles. The van der Waals surface area contributed by atoms with E-state index < -0.39 is 6.09 Å².